The van der Waals surface area contributed by atoms with E-state index < -0.39 is 17.8 Å². The predicted octanol–water partition coefficient (Wildman–Crippen LogP) is 2.94. The van der Waals surface area contributed by atoms with Crippen LogP contribution in [0.5, 0.6) is 0 Å². The molecule has 2 amide bonds. The largest absolute Gasteiger partial charge is 0.455 e. The lowest BCUT2D eigenvalue weighted by Crippen LogP contribution is -2.23. The monoisotopic (exact) mass is 412 g/mol. The molecule has 0 saturated carbocycles. The number of anilines is 1. The summed E-state index contributed by atoms with van der Waals surface area (Å²) in [5, 5.41) is 3.17. The number of carbonyl (C=O) groups is 3. The van der Waals surface area contributed by atoms with Gasteiger partial charge >= 0.3 is 5.97 Å². The van der Waals surface area contributed by atoms with Gasteiger partial charge in [0.2, 0.25) is 0 Å². The second-order valence-corrected chi connectivity index (χ2v) is 8.73. The Morgan fingerprint density at radius 2 is 1.83 bits per heavy atom. The van der Waals surface area contributed by atoms with Crippen molar-refractivity contribution in [3.8, 4) is 0 Å². The molecule has 7 heteroatoms. The summed E-state index contributed by atoms with van der Waals surface area (Å²) in [5.41, 5.74) is 10.5. The third kappa shape index (κ3) is 4.34. The molecule has 2 aliphatic carbocycles. The summed E-state index contributed by atoms with van der Waals surface area (Å²) in [6.45, 7) is -0.384. The molecule has 2 aromatic rings. The number of nitrogens with one attached hydrogen (secondary N) is 1. The van der Waals surface area contributed by atoms with Gasteiger partial charge in [-0.05, 0) is 67.2 Å². The zero-order valence-corrected chi connectivity index (χ0v) is 17.0. The first-order valence-corrected chi connectivity index (χ1v) is 10.8. The molecule has 2 aliphatic rings. The molecule has 0 bridgehead atoms. The van der Waals surface area contributed by atoms with Gasteiger partial charge in [0.15, 0.2) is 6.61 Å². The molecule has 0 aliphatic heterocycles. The Morgan fingerprint density at radius 1 is 1.03 bits per heavy atom. The second kappa shape index (κ2) is 8.37. The number of hydrogen-bond donors (Lipinski definition) is 2. The molecule has 3 N–H and O–H groups in total. The number of fused-ring (bicyclic) bond motifs is 2. The van der Waals surface area contributed by atoms with E-state index in [4.69, 9.17) is 10.5 Å². The maximum absolute atomic E-state index is 12.3. The number of hydrogen-bond acceptors (Lipinski definition) is 5. The standard InChI is InChI=1S/C22H24N2O4S/c23-21(27)20-16-6-1-2-7-17(16)29-22(20)24-18(25)12-28-19(26)11-13-8-9-14-4-3-5-15(14)10-13/h8-10H,1-7,11-12H2,(H2,23,27)(H,24,25). The van der Waals surface area contributed by atoms with E-state index in [0.29, 0.717) is 10.6 Å². The summed E-state index contributed by atoms with van der Waals surface area (Å²) in [7, 11) is 0. The van der Waals surface area contributed by atoms with E-state index in [1.165, 1.54) is 22.5 Å². The van der Waals surface area contributed by atoms with Gasteiger partial charge in [0.05, 0.1) is 12.0 Å². The molecule has 1 aromatic heterocycles. The van der Waals surface area contributed by atoms with Gasteiger partial charge in [0.25, 0.3) is 11.8 Å². The Bertz CT molecular complexity index is 979. The number of primary amides is 1. The van der Waals surface area contributed by atoms with Crippen molar-refractivity contribution in [3.63, 3.8) is 0 Å². The minimum atomic E-state index is -0.534. The number of esters is 1. The molecule has 0 saturated heterocycles. The van der Waals surface area contributed by atoms with E-state index in [2.05, 4.69) is 17.4 Å². The summed E-state index contributed by atoms with van der Waals surface area (Å²) in [4.78, 5) is 37.4. The number of aryl methyl sites for hydroxylation is 3. The summed E-state index contributed by atoms with van der Waals surface area (Å²) in [6, 6.07) is 6.07. The van der Waals surface area contributed by atoms with E-state index in [9.17, 15) is 14.4 Å². The van der Waals surface area contributed by atoms with Crippen LogP contribution in [0.25, 0.3) is 0 Å². The number of amides is 2. The smallest absolute Gasteiger partial charge is 0.310 e. The van der Waals surface area contributed by atoms with Crippen LogP contribution in [0.15, 0.2) is 18.2 Å². The minimum absolute atomic E-state index is 0.139. The first-order chi connectivity index (χ1) is 14.0. The van der Waals surface area contributed by atoms with Crippen LogP contribution in [0.2, 0.25) is 0 Å². The highest BCUT2D eigenvalue weighted by Crippen LogP contribution is 2.37. The summed E-state index contributed by atoms with van der Waals surface area (Å²) >= 11 is 1.39. The molecule has 0 unspecified atom stereocenters. The number of nitrogens with two attached hydrogens (primary N) is 1. The van der Waals surface area contributed by atoms with Crippen molar-refractivity contribution in [2.45, 2.75) is 51.4 Å². The van der Waals surface area contributed by atoms with Crippen LogP contribution in [-0.2, 0) is 46.4 Å². The average Bonchev–Trinajstić information content (AvgIpc) is 3.29. The van der Waals surface area contributed by atoms with Gasteiger partial charge in [-0.1, -0.05) is 18.2 Å². The predicted molar refractivity (Wildman–Crippen MR) is 111 cm³/mol. The maximum atomic E-state index is 12.3. The fourth-order valence-electron chi connectivity index (χ4n) is 4.18. The molecule has 0 radical (unpaired) electrons. The van der Waals surface area contributed by atoms with E-state index in [1.54, 1.807) is 0 Å². The Kier molecular flexibility index (Phi) is 5.67. The fraction of sp³-hybridized carbons (Fsp3) is 0.409. The SMILES string of the molecule is NC(=O)c1c(NC(=O)COC(=O)Cc2ccc3c(c2)CCC3)sc2c1CCCC2. The van der Waals surface area contributed by atoms with Crippen molar-refractivity contribution in [3.05, 3.63) is 50.9 Å². The highest BCUT2D eigenvalue weighted by Gasteiger charge is 2.25. The first kappa shape index (κ1) is 19.6. The zero-order chi connectivity index (χ0) is 20.4. The van der Waals surface area contributed by atoms with Crippen LogP contribution in [0.4, 0.5) is 5.00 Å². The quantitative estimate of drug-likeness (QED) is 0.713. The van der Waals surface area contributed by atoms with Gasteiger partial charge in [-0.25, -0.2) is 0 Å². The number of thiophene rings is 1. The molecule has 29 heavy (non-hydrogen) atoms. The molecule has 0 spiro atoms. The molecule has 4 rings (SSSR count). The minimum Gasteiger partial charge on any atom is -0.455 e. The van der Waals surface area contributed by atoms with Crippen LogP contribution < -0.4 is 11.1 Å². The van der Waals surface area contributed by atoms with Gasteiger partial charge in [0, 0.05) is 4.88 Å². The first-order valence-electron chi connectivity index (χ1n) is 10.0. The molecule has 6 nitrogen and oxygen atoms in total. The number of ether oxygens (including phenoxy) is 1. The summed E-state index contributed by atoms with van der Waals surface area (Å²) in [6.07, 6.45) is 7.22. The number of carbonyl (C=O) groups excluding carboxylic acids is 3. The Labute approximate surface area is 173 Å². The second-order valence-electron chi connectivity index (χ2n) is 7.62. The highest BCUT2D eigenvalue weighted by atomic mass is 32.1. The topological polar surface area (TPSA) is 98.5 Å². The zero-order valence-electron chi connectivity index (χ0n) is 16.2. The summed E-state index contributed by atoms with van der Waals surface area (Å²) < 4.78 is 5.14. The molecular weight excluding hydrogens is 388 g/mol. The third-order valence-electron chi connectivity index (χ3n) is 5.55. The maximum Gasteiger partial charge on any atom is 0.310 e. The van der Waals surface area contributed by atoms with Crippen molar-refractivity contribution in [1.29, 1.82) is 0 Å². The summed E-state index contributed by atoms with van der Waals surface area (Å²) in [5.74, 6) is -1.44. The van der Waals surface area contributed by atoms with Crippen molar-refractivity contribution in [2.24, 2.45) is 5.73 Å². The molecule has 0 atom stereocenters. The highest BCUT2D eigenvalue weighted by molar-refractivity contribution is 7.17. The lowest BCUT2D eigenvalue weighted by atomic mass is 9.95. The number of benzene rings is 1. The number of rotatable bonds is 6. The van der Waals surface area contributed by atoms with Crippen molar-refractivity contribution >= 4 is 34.1 Å². The van der Waals surface area contributed by atoms with Crippen LogP contribution >= 0.6 is 11.3 Å². The lowest BCUT2D eigenvalue weighted by molar-refractivity contribution is -0.146. The van der Waals surface area contributed by atoms with Crippen LogP contribution in [-0.4, -0.2) is 24.4 Å². The molecule has 1 aromatic carbocycles. The van der Waals surface area contributed by atoms with Gasteiger partial charge in [-0.2, -0.15) is 0 Å². The third-order valence-corrected chi connectivity index (χ3v) is 6.75. The molecular formula is C22H24N2O4S. The Balaban J connectivity index is 1.34. The average molecular weight is 413 g/mol. The molecule has 1 heterocycles. The van der Waals surface area contributed by atoms with Crippen molar-refractivity contribution in [2.75, 3.05) is 11.9 Å². The fourth-order valence-corrected chi connectivity index (χ4v) is 5.49. The van der Waals surface area contributed by atoms with Gasteiger partial charge in [-0.3, -0.25) is 14.4 Å². The van der Waals surface area contributed by atoms with Crippen LogP contribution in [0, 0.1) is 0 Å². The van der Waals surface area contributed by atoms with E-state index in [0.717, 1.165) is 60.9 Å². The van der Waals surface area contributed by atoms with Crippen LogP contribution in [0.3, 0.4) is 0 Å². The van der Waals surface area contributed by atoms with E-state index in [-0.39, 0.29) is 13.0 Å². The van der Waals surface area contributed by atoms with Gasteiger partial charge < -0.3 is 15.8 Å². The Hall–Kier alpha value is -2.67. The van der Waals surface area contributed by atoms with Crippen LogP contribution in [0.1, 0.15) is 56.8 Å². The lowest BCUT2D eigenvalue weighted by Gasteiger charge is -2.11. The normalized spacial score (nSPS) is 14.8. The van der Waals surface area contributed by atoms with Crippen molar-refractivity contribution in [1.82, 2.24) is 0 Å². The molecule has 152 valence electrons. The van der Waals surface area contributed by atoms with Gasteiger partial charge in [0.1, 0.15) is 5.00 Å². The van der Waals surface area contributed by atoms with E-state index in [1.807, 2.05) is 6.07 Å². The van der Waals surface area contributed by atoms with Crippen molar-refractivity contribution < 1.29 is 19.1 Å². The molecule has 0 fully saturated rings. The van der Waals surface area contributed by atoms with Gasteiger partial charge in [-0.15, -0.1) is 11.3 Å². The van der Waals surface area contributed by atoms with E-state index >= 15 is 0 Å². The Morgan fingerprint density at radius 3 is 2.66 bits per heavy atom.